The number of fused-ring (bicyclic) bond motifs is 1. The van der Waals surface area contributed by atoms with Crippen molar-refractivity contribution in [2.75, 3.05) is 18.0 Å². The summed E-state index contributed by atoms with van der Waals surface area (Å²) in [4.78, 5) is 27.4. The number of anilines is 1. The van der Waals surface area contributed by atoms with Crippen molar-refractivity contribution in [1.82, 2.24) is 19.5 Å². The highest BCUT2D eigenvalue weighted by Crippen LogP contribution is 2.22. The second-order valence-corrected chi connectivity index (χ2v) is 6.93. The van der Waals surface area contributed by atoms with E-state index in [4.69, 9.17) is 11.6 Å². The van der Waals surface area contributed by atoms with Gasteiger partial charge in [0.2, 0.25) is 5.95 Å². The summed E-state index contributed by atoms with van der Waals surface area (Å²) in [6.45, 7) is 2.26. The van der Waals surface area contributed by atoms with Crippen LogP contribution in [0.2, 0.25) is 5.02 Å². The third kappa shape index (κ3) is 3.39. The summed E-state index contributed by atoms with van der Waals surface area (Å²) < 4.78 is 14.9. The zero-order valence-corrected chi connectivity index (χ0v) is 14.7. The van der Waals surface area contributed by atoms with Crippen molar-refractivity contribution in [3.63, 3.8) is 0 Å². The molecule has 0 spiro atoms. The first-order valence-electron chi connectivity index (χ1n) is 8.47. The van der Waals surface area contributed by atoms with Gasteiger partial charge < -0.3 is 4.90 Å². The topological polar surface area (TPSA) is 63.9 Å². The zero-order valence-electron chi connectivity index (χ0n) is 14.0. The Kier molecular flexibility index (Phi) is 4.55. The maximum Gasteiger partial charge on any atom is 0.261 e. The first kappa shape index (κ1) is 16.9. The molecule has 1 aliphatic heterocycles. The summed E-state index contributed by atoms with van der Waals surface area (Å²) in [6.07, 6.45) is 6.57. The average molecular weight is 374 g/mol. The van der Waals surface area contributed by atoms with Crippen molar-refractivity contribution < 1.29 is 4.39 Å². The molecule has 0 aliphatic carbocycles. The third-order valence-electron chi connectivity index (χ3n) is 4.75. The van der Waals surface area contributed by atoms with Crippen molar-refractivity contribution in [1.29, 1.82) is 0 Å². The Morgan fingerprint density at radius 2 is 1.88 bits per heavy atom. The number of piperidine rings is 1. The van der Waals surface area contributed by atoms with E-state index in [0.29, 0.717) is 34.3 Å². The van der Waals surface area contributed by atoms with Crippen LogP contribution in [0.5, 0.6) is 0 Å². The number of hydrogen-bond acceptors (Lipinski definition) is 5. The van der Waals surface area contributed by atoms with E-state index in [0.717, 1.165) is 25.9 Å². The van der Waals surface area contributed by atoms with E-state index in [9.17, 15) is 9.18 Å². The molecule has 4 rings (SSSR count). The monoisotopic (exact) mass is 373 g/mol. The second kappa shape index (κ2) is 6.99. The minimum absolute atomic E-state index is 0.126. The molecule has 0 unspecified atom stereocenters. The number of aromatic nitrogens is 4. The summed E-state index contributed by atoms with van der Waals surface area (Å²) in [6, 6.07) is 4.07. The molecule has 0 saturated carbocycles. The van der Waals surface area contributed by atoms with E-state index in [-0.39, 0.29) is 11.4 Å². The molecule has 1 aliphatic rings. The van der Waals surface area contributed by atoms with E-state index in [1.54, 1.807) is 17.0 Å². The molecule has 0 amide bonds. The summed E-state index contributed by atoms with van der Waals surface area (Å²) in [5, 5.41) is 0.965. The van der Waals surface area contributed by atoms with E-state index in [1.165, 1.54) is 24.5 Å². The van der Waals surface area contributed by atoms with E-state index < -0.39 is 0 Å². The first-order valence-corrected chi connectivity index (χ1v) is 8.85. The van der Waals surface area contributed by atoms with Crippen LogP contribution >= 0.6 is 11.6 Å². The van der Waals surface area contributed by atoms with Crippen molar-refractivity contribution in [2.45, 2.75) is 19.4 Å². The fourth-order valence-corrected chi connectivity index (χ4v) is 3.42. The smallest absolute Gasteiger partial charge is 0.261 e. The highest BCUT2D eigenvalue weighted by molar-refractivity contribution is 6.30. The van der Waals surface area contributed by atoms with E-state index in [2.05, 4.69) is 19.9 Å². The maximum absolute atomic E-state index is 13.3. The maximum atomic E-state index is 13.3. The van der Waals surface area contributed by atoms with Gasteiger partial charge in [-0.2, -0.15) is 0 Å². The van der Waals surface area contributed by atoms with Crippen LogP contribution in [0.25, 0.3) is 10.9 Å². The lowest BCUT2D eigenvalue weighted by Gasteiger charge is -2.32. The minimum Gasteiger partial charge on any atom is -0.341 e. The average Bonchev–Trinajstić information content (AvgIpc) is 2.65. The number of nitrogens with zero attached hydrogens (tertiary/aromatic N) is 5. The Hall–Kier alpha value is -2.54. The summed E-state index contributed by atoms with van der Waals surface area (Å²) in [7, 11) is 0. The molecule has 3 heterocycles. The molecule has 3 aromatic rings. The fraction of sp³-hybridized carbons (Fsp3) is 0.333. The number of hydrogen-bond donors (Lipinski definition) is 0. The van der Waals surface area contributed by atoms with Gasteiger partial charge in [-0.1, -0.05) is 11.6 Å². The van der Waals surface area contributed by atoms with Crippen molar-refractivity contribution in [3.05, 3.63) is 58.1 Å². The molecule has 2 aromatic heterocycles. The largest absolute Gasteiger partial charge is 0.341 e. The van der Waals surface area contributed by atoms with Gasteiger partial charge in [-0.25, -0.2) is 19.3 Å². The molecule has 6 nitrogen and oxygen atoms in total. The Morgan fingerprint density at radius 3 is 2.62 bits per heavy atom. The Bertz CT molecular complexity index is 983. The minimum atomic E-state index is -0.390. The van der Waals surface area contributed by atoms with Crippen LogP contribution in [0.4, 0.5) is 10.3 Å². The molecule has 26 heavy (non-hydrogen) atoms. The van der Waals surface area contributed by atoms with Gasteiger partial charge in [-0.05, 0) is 30.9 Å². The quantitative estimate of drug-likeness (QED) is 0.706. The van der Waals surface area contributed by atoms with Crippen LogP contribution in [-0.2, 0) is 6.54 Å². The summed E-state index contributed by atoms with van der Waals surface area (Å²) in [5.74, 6) is 0.661. The Morgan fingerprint density at radius 1 is 1.15 bits per heavy atom. The van der Waals surface area contributed by atoms with E-state index in [1.807, 2.05) is 0 Å². The zero-order chi connectivity index (χ0) is 18.1. The van der Waals surface area contributed by atoms with Crippen LogP contribution in [0.15, 0.2) is 41.7 Å². The predicted octanol–water partition coefficient (Wildman–Crippen LogP) is 2.90. The highest BCUT2D eigenvalue weighted by Gasteiger charge is 2.22. The molecule has 8 heteroatoms. The number of benzene rings is 1. The Balaban J connectivity index is 1.45. The van der Waals surface area contributed by atoms with Gasteiger partial charge >= 0.3 is 0 Å². The normalized spacial score (nSPS) is 15.5. The molecule has 1 aromatic carbocycles. The standard InChI is InChI=1S/C18H17ClFN5O/c19-13-8-21-18(22-9-13)24-5-3-12(4-6-24)10-25-11-23-16-7-14(20)1-2-15(16)17(25)26/h1-2,7-9,11-12H,3-6,10H2. The highest BCUT2D eigenvalue weighted by atomic mass is 35.5. The molecular formula is C18H17ClFN5O. The molecule has 1 saturated heterocycles. The van der Waals surface area contributed by atoms with Gasteiger partial charge in [-0.15, -0.1) is 0 Å². The van der Waals surface area contributed by atoms with Gasteiger partial charge in [-0.3, -0.25) is 9.36 Å². The fourth-order valence-electron chi connectivity index (χ4n) is 3.32. The van der Waals surface area contributed by atoms with Crippen LogP contribution in [0.3, 0.4) is 0 Å². The summed E-state index contributed by atoms with van der Waals surface area (Å²) >= 11 is 5.83. The number of rotatable bonds is 3. The Labute approximate surface area is 154 Å². The molecule has 0 N–H and O–H groups in total. The van der Waals surface area contributed by atoms with Gasteiger partial charge in [0.25, 0.3) is 5.56 Å². The van der Waals surface area contributed by atoms with Crippen LogP contribution < -0.4 is 10.5 Å². The molecular weight excluding hydrogens is 357 g/mol. The van der Waals surface area contributed by atoms with E-state index >= 15 is 0 Å². The van der Waals surface area contributed by atoms with Crippen molar-refractivity contribution in [2.24, 2.45) is 5.92 Å². The molecule has 0 bridgehead atoms. The molecule has 0 atom stereocenters. The lowest BCUT2D eigenvalue weighted by atomic mass is 9.97. The van der Waals surface area contributed by atoms with Gasteiger partial charge in [0.15, 0.2) is 0 Å². The van der Waals surface area contributed by atoms with Crippen LogP contribution in [0.1, 0.15) is 12.8 Å². The summed E-state index contributed by atoms with van der Waals surface area (Å²) in [5.41, 5.74) is 0.263. The van der Waals surface area contributed by atoms with Crippen LogP contribution in [0, 0.1) is 11.7 Å². The SMILES string of the molecule is O=c1c2ccc(F)cc2ncn1CC1CCN(c2ncc(Cl)cn2)CC1. The lowest BCUT2D eigenvalue weighted by Crippen LogP contribution is -2.37. The van der Waals surface area contributed by atoms with Crippen LogP contribution in [-0.4, -0.2) is 32.6 Å². The third-order valence-corrected chi connectivity index (χ3v) is 4.94. The van der Waals surface area contributed by atoms with Gasteiger partial charge in [0.1, 0.15) is 5.82 Å². The van der Waals surface area contributed by atoms with Gasteiger partial charge in [0.05, 0.1) is 34.6 Å². The van der Waals surface area contributed by atoms with Crippen molar-refractivity contribution in [3.8, 4) is 0 Å². The number of halogens is 2. The molecule has 1 fully saturated rings. The van der Waals surface area contributed by atoms with Gasteiger partial charge in [0, 0.05) is 25.7 Å². The molecule has 0 radical (unpaired) electrons. The molecule has 134 valence electrons. The second-order valence-electron chi connectivity index (χ2n) is 6.50. The van der Waals surface area contributed by atoms with Crippen molar-refractivity contribution >= 4 is 28.5 Å². The predicted molar refractivity (Wildman–Crippen MR) is 97.9 cm³/mol. The lowest BCUT2D eigenvalue weighted by molar-refractivity contribution is 0.350. The first-order chi connectivity index (χ1) is 12.6.